The van der Waals surface area contributed by atoms with E-state index in [1.165, 1.54) is 5.56 Å². The lowest BCUT2D eigenvalue weighted by atomic mass is 9.94. The molecule has 1 heterocycles. The molecule has 21 heavy (non-hydrogen) atoms. The number of aryl methyl sites for hydroxylation is 1. The molecule has 0 aliphatic heterocycles. The Morgan fingerprint density at radius 1 is 1.10 bits per heavy atom. The number of fused-ring (bicyclic) bond motifs is 1. The van der Waals surface area contributed by atoms with Crippen molar-refractivity contribution in [2.75, 3.05) is 7.11 Å². The van der Waals surface area contributed by atoms with E-state index in [-0.39, 0.29) is 6.04 Å². The Labute approximate surface area is 124 Å². The molecule has 0 fully saturated rings. The van der Waals surface area contributed by atoms with Gasteiger partial charge in [-0.2, -0.15) is 0 Å². The highest BCUT2D eigenvalue weighted by atomic mass is 16.5. The number of pyridine rings is 1. The third-order valence-electron chi connectivity index (χ3n) is 3.77. The van der Waals surface area contributed by atoms with Gasteiger partial charge in [-0.3, -0.25) is 4.98 Å². The van der Waals surface area contributed by atoms with Gasteiger partial charge in [-0.1, -0.05) is 35.9 Å². The summed E-state index contributed by atoms with van der Waals surface area (Å²) in [5, 5.41) is 2.22. The lowest BCUT2D eigenvalue weighted by molar-refractivity contribution is 0.408. The highest BCUT2D eigenvalue weighted by molar-refractivity contribution is 5.85. The van der Waals surface area contributed by atoms with Gasteiger partial charge < -0.3 is 10.5 Å². The van der Waals surface area contributed by atoms with E-state index < -0.39 is 0 Å². The summed E-state index contributed by atoms with van der Waals surface area (Å²) >= 11 is 0. The van der Waals surface area contributed by atoms with E-state index in [4.69, 9.17) is 10.5 Å². The van der Waals surface area contributed by atoms with Gasteiger partial charge >= 0.3 is 0 Å². The number of hydrogen-bond acceptors (Lipinski definition) is 3. The molecule has 0 bridgehead atoms. The van der Waals surface area contributed by atoms with Crippen LogP contribution in [0.2, 0.25) is 0 Å². The minimum atomic E-state index is -0.243. The first-order valence-corrected chi connectivity index (χ1v) is 6.93. The summed E-state index contributed by atoms with van der Waals surface area (Å²) in [5.41, 5.74) is 9.74. The molecule has 0 aliphatic carbocycles. The predicted octanol–water partition coefficient (Wildman–Crippen LogP) is 3.60. The molecule has 3 nitrogen and oxygen atoms in total. The maximum atomic E-state index is 6.52. The molecule has 3 rings (SSSR count). The molecular weight excluding hydrogens is 260 g/mol. The predicted molar refractivity (Wildman–Crippen MR) is 85.5 cm³/mol. The maximum absolute atomic E-state index is 6.52. The first-order valence-electron chi connectivity index (χ1n) is 6.93. The van der Waals surface area contributed by atoms with E-state index in [1.807, 2.05) is 30.5 Å². The molecule has 0 spiro atoms. The summed E-state index contributed by atoms with van der Waals surface area (Å²) < 4.78 is 5.46. The van der Waals surface area contributed by atoms with E-state index in [2.05, 4.69) is 30.1 Å². The van der Waals surface area contributed by atoms with Crippen LogP contribution in [0.5, 0.6) is 5.75 Å². The normalized spacial score (nSPS) is 12.3. The van der Waals surface area contributed by atoms with Gasteiger partial charge in [-0.25, -0.2) is 0 Å². The Balaban J connectivity index is 2.17. The molecule has 3 heteroatoms. The van der Waals surface area contributed by atoms with Crippen LogP contribution in [0.4, 0.5) is 0 Å². The second-order valence-electron chi connectivity index (χ2n) is 5.17. The monoisotopic (exact) mass is 278 g/mol. The molecule has 0 saturated heterocycles. The Bertz CT molecular complexity index is 778. The molecular formula is C18H18N2O. The zero-order valence-electron chi connectivity index (χ0n) is 12.2. The number of hydrogen-bond donors (Lipinski definition) is 1. The van der Waals surface area contributed by atoms with E-state index in [9.17, 15) is 0 Å². The Morgan fingerprint density at radius 3 is 2.76 bits per heavy atom. The molecule has 1 unspecified atom stereocenters. The fourth-order valence-corrected chi connectivity index (χ4v) is 2.67. The fraction of sp³-hybridized carbons (Fsp3) is 0.167. The average Bonchev–Trinajstić information content (AvgIpc) is 2.53. The largest absolute Gasteiger partial charge is 0.496 e. The third-order valence-corrected chi connectivity index (χ3v) is 3.77. The second kappa shape index (κ2) is 5.54. The van der Waals surface area contributed by atoms with Crippen molar-refractivity contribution >= 4 is 10.8 Å². The molecule has 2 N–H and O–H groups in total. The van der Waals surface area contributed by atoms with E-state index >= 15 is 0 Å². The second-order valence-corrected chi connectivity index (χ2v) is 5.17. The molecule has 1 aromatic heterocycles. The number of rotatable bonds is 3. The molecule has 0 saturated carbocycles. The SMILES string of the molecule is COc1ccc(C)cc1C(N)c1cccc2ccncc12. The van der Waals surface area contributed by atoms with Crippen LogP contribution in [0.3, 0.4) is 0 Å². The highest BCUT2D eigenvalue weighted by Gasteiger charge is 2.16. The molecule has 3 aromatic rings. The van der Waals surface area contributed by atoms with Gasteiger partial charge in [0.15, 0.2) is 0 Å². The summed E-state index contributed by atoms with van der Waals surface area (Å²) in [5.74, 6) is 0.814. The van der Waals surface area contributed by atoms with Gasteiger partial charge in [0, 0.05) is 23.3 Å². The molecule has 2 aromatic carbocycles. The molecule has 1 atom stereocenters. The summed E-state index contributed by atoms with van der Waals surface area (Å²) in [6, 6.07) is 14.0. The first-order chi connectivity index (χ1) is 10.2. The smallest absolute Gasteiger partial charge is 0.123 e. The minimum Gasteiger partial charge on any atom is -0.496 e. The van der Waals surface area contributed by atoms with Crippen LogP contribution >= 0.6 is 0 Å². The van der Waals surface area contributed by atoms with Crippen LogP contribution in [0.15, 0.2) is 54.9 Å². The van der Waals surface area contributed by atoms with Crippen LogP contribution in [-0.4, -0.2) is 12.1 Å². The zero-order chi connectivity index (χ0) is 14.8. The van der Waals surface area contributed by atoms with E-state index in [1.54, 1.807) is 13.3 Å². The number of benzene rings is 2. The van der Waals surface area contributed by atoms with Gasteiger partial charge in [-0.15, -0.1) is 0 Å². The van der Waals surface area contributed by atoms with Crippen LogP contribution in [0, 0.1) is 6.92 Å². The highest BCUT2D eigenvalue weighted by Crippen LogP contribution is 2.32. The van der Waals surface area contributed by atoms with Crippen molar-refractivity contribution in [2.45, 2.75) is 13.0 Å². The van der Waals surface area contributed by atoms with Gasteiger partial charge in [0.25, 0.3) is 0 Å². The van der Waals surface area contributed by atoms with Crippen LogP contribution < -0.4 is 10.5 Å². The van der Waals surface area contributed by atoms with Gasteiger partial charge in [-0.05, 0) is 30.0 Å². The summed E-state index contributed by atoms with van der Waals surface area (Å²) in [6.07, 6.45) is 3.66. The fourth-order valence-electron chi connectivity index (χ4n) is 2.67. The van der Waals surface area contributed by atoms with Gasteiger partial charge in [0.05, 0.1) is 13.2 Å². The van der Waals surface area contributed by atoms with Crippen molar-refractivity contribution in [1.29, 1.82) is 0 Å². The molecule has 0 aliphatic rings. The van der Waals surface area contributed by atoms with Crippen LogP contribution in [0.25, 0.3) is 10.8 Å². The van der Waals surface area contributed by atoms with Crippen LogP contribution in [-0.2, 0) is 0 Å². The van der Waals surface area contributed by atoms with Crippen molar-refractivity contribution < 1.29 is 4.74 Å². The molecule has 0 amide bonds. The standard InChI is InChI=1S/C18H18N2O/c1-12-6-7-17(21-2)15(10-12)18(19)14-5-3-4-13-8-9-20-11-16(13)14/h3-11,18H,19H2,1-2H3. The van der Waals surface area contributed by atoms with Crippen molar-refractivity contribution in [3.8, 4) is 5.75 Å². The van der Waals surface area contributed by atoms with Crippen molar-refractivity contribution in [1.82, 2.24) is 4.98 Å². The lowest BCUT2D eigenvalue weighted by Gasteiger charge is -2.18. The van der Waals surface area contributed by atoms with E-state index in [0.717, 1.165) is 27.6 Å². The number of nitrogens with zero attached hydrogens (tertiary/aromatic N) is 1. The third kappa shape index (κ3) is 2.48. The minimum absolute atomic E-state index is 0.243. The van der Waals surface area contributed by atoms with Crippen molar-refractivity contribution in [3.63, 3.8) is 0 Å². The van der Waals surface area contributed by atoms with Crippen molar-refractivity contribution in [3.05, 3.63) is 71.5 Å². The Kier molecular flexibility index (Phi) is 3.59. The number of methoxy groups -OCH3 is 1. The topological polar surface area (TPSA) is 48.1 Å². The van der Waals surface area contributed by atoms with E-state index in [0.29, 0.717) is 0 Å². The Hall–Kier alpha value is -2.39. The van der Waals surface area contributed by atoms with Crippen molar-refractivity contribution in [2.24, 2.45) is 5.73 Å². The Morgan fingerprint density at radius 2 is 1.95 bits per heavy atom. The summed E-state index contributed by atoms with van der Waals surface area (Å²) in [7, 11) is 1.67. The van der Waals surface area contributed by atoms with Crippen LogP contribution in [0.1, 0.15) is 22.7 Å². The average molecular weight is 278 g/mol. The quantitative estimate of drug-likeness (QED) is 0.796. The number of aromatic nitrogens is 1. The van der Waals surface area contributed by atoms with Gasteiger partial charge in [0.1, 0.15) is 5.75 Å². The summed E-state index contributed by atoms with van der Waals surface area (Å²) in [6.45, 7) is 2.06. The first kappa shape index (κ1) is 13.6. The lowest BCUT2D eigenvalue weighted by Crippen LogP contribution is -2.14. The van der Waals surface area contributed by atoms with Gasteiger partial charge in [0.2, 0.25) is 0 Å². The number of nitrogens with two attached hydrogens (primary N) is 1. The number of ether oxygens (including phenoxy) is 1. The maximum Gasteiger partial charge on any atom is 0.123 e. The zero-order valence-corrected chi connectivity index (χ0v) is 12.2. The molecule has 0 radical (unpaired) electrons. The summed E-state index contributed by atoms with van der Waals surface area (Å²) in [4.78, 5) is 4.22. The molecule has 106 valence electrons.